The number of halogens is 1. The quantitative estimate of drug-likeness (QED) is 0.793. The Morgan fingerprint density at radius 1 is 1.12 bits per heavy atom. The van der Waals surface area contributed by atoms with E-state index in [1.54, 1.807) is 17.0 Å². The summed E-state index contributed by atoms with van der Waals surface area (Å²) in [5, 5.41) is 0.656. The lowest BCUT2D eigenvalue weighted by Crippen LogP contribution is -2.32. The van der Waals surface area contributed by atoms with E-state index in [2.05, 4.69) is 0 Å². The largest absolute Gasteiger partial charge is 0.308 e. The molecular formula is C19H20ClNO3S. The van der Waals surface area contributed by atoms with Gasteiger partial charge in [-0.2, -0.15) is 0 Å². The van der Waals surface area contributed by atoms with Gasteiger partial charge in [-0.05, 0) is 67.6 Å². The number of nitrogens with zero attached hydrogens (tertiary/aromatic N) is 1. The molecule has 0 unspecified atom stereocenters. The average molecular weight is 378 g/mol. The summed E-state index contributed by atoms with van der Waals surface area (Å²) in [6.45, 7) is 2.43. The fourth-order valence-electron chi connectivity index (χ4n) is 3.14. The zero-order valence-electron chi connectivity index (χ0n) is 14.3. The minimum absolute atomic E-state index is 0.160. The lowest BCUT2D eigenvalue weighted by atomic mass is 10.1. The number of aryl methyl sites for hydroxylation is 2. The van der Waals surface area contributed by atoms with E-state index in [9.17, 15) is 13.2 Å². The van der Waals surface area contributed by atoms with Gasteiger partial charge in [0.15, 0.2) is 9.84 Å². The zero-order valence-corrected chi connectivity index (χ0v) is 15.8. The molecule has 6 heteroatoms. The van der Waals surface area contributed by atoms with Crippen LogP contribution >= 0.6 is 11.6 Å². The summed E-state index contributed by atoms with van der Waals surface area (Å²) in [6, 6.07) is 10.3. The molecule has 132 valence electrons. The molecule has 0 spiro atoms. The van der Waals surface area contributed by atoms with Crippen LogP contribution in [0.2, 0.25) is 5.02 Å². The van der Waals surface area contributed by atoms with E-state index >= 15 is 0 Å². The van der Waals surface area contributed by atoms with Crippen LogP contribution in [0.1, 0.15) is 34.3 Å². The van der Waals surface area contributed by atoms with Crippen molar-refractivity contribution < 1.29 is 13.2 Å². The molecule has 3 rings (SSSR count). The van der Waals surface area contributed by atoms with Crippen LogP contribution in [0.4, 0.5) is 5.69 Å². The maximum absolute atomic E-state index is 13.2. The number of sulfone groups is 1. The van der Waals surface area contributed by atoms with Gasteiger partial charge in [-0.1, -0.05) is 17.7 Å². The molecule has 0 saturated carbocycles. The second-order valence-corrected chi connectivity index (χ2v) is 8.89. The van der Waals surface area contributed by atoms with Crippen molar-refractivity contribution >= 4 is 33.0 Å². The topological polar surface area (TPSA) is 54.5 Å². The predicted octanol–water partition coefficient (Wildman–Crippen LogP) is 4.04. The van der Waals surface area contributed by atoms with Crippen molar-refractivity contribution in [3.8, 4) is 0 Å². The van der Waals surface area contributed by atoms with Crippen molar-refractivity contribution in [3.63, 3.8) is 0 Å². The van der Waals surface area contributed by atoms with Gasteiger partial charge in [0.2, 0.25) is 0 Å². The van der Waals surface area contributed by atoms with E-state index in [0.29, 0.717) is 17.1 Å². The standard InChI is InChI=1S/C19H20ClNO3S/c1-13-6-8-16(25(2,23)24)12-17(13)19(22)21-10-4-3-5-14-11-15(20)7-9-18(14)21/h6-9,11-12H,3-5,10H2,1-2H3. The van der Waals surface area contributed by atoms with E-state index < -0.39 is 9.84 Å². The molecule has 2 aromatic rings. The van der Waals surface area contributed by atoms with Crippen LogP contribution in [0.25, 0.3) is 0 Å². The molecule has 1 aliphatic rings. The Morgan fingerprint density at radius 3 is 2.60 bits per heavy atom. The number of hydrogen-bond acceptors (Lipinski definition) is 3. The number of anilines is 1. The molecule has 2 aromatic carbocycles. The Bertz CT molecular complexity index is 938. The van der Waals surface area contributed by atoms with E-state index in [4.69, 9.17) is 11.6 Å². The second-order valence-electron chi connectivity index (χ2n) is 6.44. The molecule has 0 aromatic heterocycles. The minimum atomic E-state index is -3.37. The van der Waals surface area contributed by atoms with Crippen molar-refractivity contribution in [2.24, 2.45) is 0 Å². The van der Waals surface area contributed by atoms with Gasteiger partial charge in [-0.3, -0.25) is 4.79 Å². The number of hydrogen-bond donors (Lipinski definition) is 0. The highest BCUT2D eigenvalue weighted by Gasteiger charge is 2.24. The molecule has 1 aliphatic heterocycles. The maximum atomic E-state index is 13.2. The van der Waals surface area contributed by atoms with Gasteiger partial charge < -0.3 is 4.90 Å². The fraction of sp³-hybridized carbons (Fsp3) is 0.316. The second kappa shape index (κ2) is 6.81. The molecule has 0 radical (unpaired) electrons. The summed E-state index contributed by atoms with van der Waals surface area (Å²) >= 11 is 6.10. The van der Waals surface area contributed by atoms with Crippen LogP contribution < -0.4 is 4.90 Å². The van der Waals surface area contributed by atoms with E-state index in [1.165, 1.54) is 12.1 Å². The van der Waals surface area contributed by atoms with Gasteiger partial charge in [0.05, 0.1) is 4.90 Å². The molecule has 0 fully saturated rings. The Labute approximate surface area is 153 Å². The van der Waals surface area contributed by atoms with Crippen LogP contribution in [0.3, 0.4) is 0 Å². The van der Waals surface area contributed by atoms with Gasteiger partial charge >= 0.3 is 0 Å². The van der Waals surface area contributed by atoms with Crippen molar-refractivity contribution in [2.75, 3.05) is 17.7 Å². The third kappa shape index (κ3) is 3.72. The van der Waals surface area contributed by atoms with Gasteiger partial charge in [-0.15, -0.1) is 0 Å². The van der Waals surface area contributed by atoms with Crippen LogP contribution in [0, 0.1) is 6.92 Å². The van der Waals surface area contributed by atoms with Gasteiger partial charge in [0.25, 0.3) is 5.91 Å². The Kier molecular flexibility index (Phi) is 4.89. The maximum Gasteiger partial charge on any atom is 0.258 e. The highest BCUT2D eigenvalue weighted by molar-refractivity contribution is 7.90. The van der Waals surface area contributed by atoms with E-state index in [-0.39, 0.29) is 10.8 Å². The first-order chi connectivity index (χ1) is 11.8. The molecule has 0 saturated heterocycles. The molecule has 0 aliphatic carbocycles. The summed E-state index contributed by atoms with van der Waals surface area (Å²) < 4.78 is 23.7. The summed E-state index contributed by atoms with van der Waals surface area (Å²) in [5.74, 6) is -0.173. The number of rotatable bonds is 2. The molecule has 1 amide bonds. The molecular weight excluding hydrogens is 358 g/mol. The van der Waals surface area contributed by atoms with Crippen molar-refractivity contribution in [2.45, 2.75) is 31.1 Å². The first-order valence-corrected chi connectivity index (χ1v) is 10.5. The van der Waals surface area contributed by atoms with Crippen molar-refractivity contribution in [1.82, 2.24) is 0 Å². The number of benzene rings is 2. The van der Waals surface area contributed by atoms with E-state index in [0.717, 1.165) is 42.3 Å². The first-order valence-electron chi connectivity index (χ1n) is 8.18. The average Bonchev–Trinajstić information content (AvgIpc) is 2.75. The van der Waals surface area contributed by atoms with Crippen molar-refractivity contribution in [3.05, 3.63) is 58.1 Å². The SMILES string of the molecule is Cc1ccc(S(C)(=O)=O)cc1C(=O)N1CCCCc2cc(Cl)ccc21. The van der Waals surface area contributed by atoms with Crippen LogP contribution in [-0.2, 0) is 16.3 Å². The normalized spacial score (nSPS) is 14.8. The molecule has 0 atom stereocenters. The predicted molar refractivity (Wildman–Crippen MR) is 100 cm³/mol. The van der Waals surface area contributed by atoms with Crippen molar-refractivity contribution in [1.29, 1.82) is 0 Å². The Balaban J connectivity index is 2.07. The summed E-state index contributed by atoms with van der Waals surface area (Å²) in [7, 11) is -3.37. The first kappa shape index (κ1) is 18.0. The Morgan fingerprint density at radius 2 is 1.88 bits per heavy atom. The lowest BCUT2D eigenvalue weighted by Gasteiger charge is -2.24. The van der Waals surface area contributed by atoms with E-state index in [1.807, 2.05) is 19.1 Å². The smallest absolute Gasteiger partial charge is 0.258 e. The van der Waals surface area contributed by atoms with Crippen LogP contribution in [0.15, 0.2) is 41.3 Å². The third-order valence-corrected chi connectivity index (χ3v) is 5.87. The number of amides is 1. The zero-order chi connectivity index (χ0) is 18.2. The molecule has 4 nitrogen and oxygen atoms in total. The molecule has 0 bridgehead atoms. The molecule has 25 heavy (non-hydrogen) atoms. The van der Waals surface area contributed by atoms with Gasteiger partial charge in [-0.25, -0.2) is 8.42 Å². The van der Waals surface area contributed by atoms with Gasteiger partial charge in [0, 0.05) is 29.1 Å². The molecule has 1 heterocycles. The lowest BCUT2D eigenvalue weighted by molar-refractivity contribution is 0.0986. The van der Waals surface area contributed by atoms with Crippen LogP contribution in [-0.4, -0.2) is 27.1 Å². The van der Waals surface area contributed by atoms with Crippen LogP contribution in [0.5, 0.6) is 0 Å². The number of carbonyl (C=O) groups excluding carboxylic acids is 1. The highest BCUT2D eigenvalue weighted by Crippen LogP contribution is 2.31. The number of carbonyl (C=O) groups is 1. The number of fused-ring (bicyclic) bond motifs is 1. The summed E-state index contributed by atoms with van der Waals surface area (Å²) in [6.07, 6.45) is 3.90. The molecule has 0 N–H and O–H groups in total. The monoisotopic (exact) mass is 377 g/mol. The fourth-order valence-corrected chi connectivity index (χ4v) is 3.98. The summed E-state index contributed by atoms with van der Waals surface area (Å²) in [5.41, 5.74) is 3.09. The summed E-state index contributed by atoms with van der Waals surface area (Å²) in [4.78, 5) is 15.1. The highest BCUT2D eigenvalue weighted by atomic mass is 35.5. The minimum Gasteiger partial charge on any atom is -0.308 e. The Hall–Kier alpha value is -1.85. The third-order valence-electron chi connectivity index (χ3n) is 4.52. The van der Waals surface area contributed by atoms with Gasteiger partial charge in [0.1, 0.15) is 0 Å².